The molecule has 172 valence electrons. The molecule has 0 radical (unpaired) electrons. The number of hydrogen-bond acceptors (Lipinski definition) is 3. The molecule has 0 aromatic heterocycles. The molecule has 0 heterocycles. The second-order valence-corrected chi connectivity index (χ2v) is 9.79. The van der Waals surface area contributed by atoms with Crippen LogP contribution in [0.15, 0.2) is 42.5 Å². The molecule has 0 saturated heterocycles. The number of rotatable bonds is 9. The number of halogens is 1. The lowest BCUT2D eigenvalue weighted by atomic mass is 10.1. The summed E-state index contributed by atoms with van der Waals surface area (Å²) in [5.74, 6) is 0.503. The highest BCUT2D eigenvalue weighted by Gasteiger charge is 2.28. The number of nitrogens with zero attached hydrogens (tertiary/aromatic N) is 1. The van der Waals surface area contributed by atoms with Crippen LogP contribution in [0.5, 0.6) is 0 Å². The molecular weight excluding hydrogens is 423 g/mol. The quantitative estimate of drug-likeness (QED) is 0.568. The van der Waals surface area contributed by atoms with Gasteiger partial charge in [0.05, 0.1) is 5.75 Å². The Morgan fingerprint density at radius 2 is 1.69 bits per heavy atom. The maximum atomic E-state index is 13.3. The molecule has 1 atom stereocenters. The molecule has 0 aliphatic heterocycles. The van der Waals surface area contributed by atoms with E-state index in [-0.39, 0.29) is 36.0 Å². The van der Waals surface area contributed by atoms with E-state index in [9.17, 15) is 14.0 Å². The van der Waals surface area contributed by atoms with Gasteiger partial charge >= 0.3 is 0 Å². The second kappa shape index (κ2) is 11.5. The van der Waals surface area contributed by atoms with E-state index in [2.05, 4.69) is 37.4 Å². The first kappa shape index (κ1) is 24.3. The van der Waals surface area contributed by atoms with Crippen LogP contribution in [0.1, 0.15) is 54.9 Å². The number of amides is 2. The lowest BCUT2D eigenvalue weighted by molar-refractivity contribution is -0.138. The number of thioether (sulfide) groups is 1. The Bertz CT molecular complexity index is 906. The molecule has 1 fully saturated rings. The Kier molecular flexibility index (Phi) is 8.74. The fraction of sp³-hybridized carbons (Fsp3) is 0.462. The SMILES string of the molecule is Cc1cc(C)cc(CSCC(=O)N(Cc2ccc(F)cc2)[C@H](C)C(=O)NC2CCCC2)c1. The van der Waals surface area contributed by atoms with Gasteiger partial charge in [-0.15, -0.1) is 11.8 Å². The Morgan fingerprint density at radius 3 is 2.31 bits per heavy atom. The molecule has 1 aliphatic rings. The Morgan fingerprint density at radius 1 is 1.06 bits per heavy atom. The highest BCUT2D eigenvalue weighted by molar-refractivity contribution is 7.99. The Hall–Kier alpha value is -2.34. The first-order valence-electron chi connectivity index (χ1n) is 11.3. The topological polar surface area (TPSA) is 49.4 Å². The number of carbonyl (C=O) groups excluding carboxylic acids is 2. The summed E-state index contributed by atoms with van der Waals surface area (Å²) in [5, 5.41) is 3.10. The molecule has 2 aromatic carbocycles. The van der Waals surface area contributed by atoms with Crippen LogP contribution in [-0.4, -0.2) is 34.6 Å². The molecule has 1 N–H and O–H groups in total. The lowest BCUT2D eigenvalue weighted by Crippen LogP contribution is -2.50. The summed E-state index contributed by atoms with van der Waals surface area (Å²) in [4.78, 5) is 27.7. The van der Waals surface area contributed by atoms with Crippen LogP contribution in [0.25, 0.3) is 0 Å². The van der Waals surface area contributed by atoms with Crippen LogP contribution in [-0.2, 0) is 21.9 Å². The van der Waals surface area contributed by atoms with Gasteiger partial charge in [0, 0.05) is 18.3 Å². The standard InChI is InChI=1S/C26H33FN2O2S/c1-18-12-19(2)14-22(13-18)16-32-17-25(30)29(15-21-8-10-23(27)11-9-21)20(3)26(31)28-24-6-4-5-7-24/h8-14,20,24H,4-7,15-17H2,1-3H3,(H,28,31)/t20-/m1/s1. The van der Waals surface area contributed by atoms with Crippen molar-refractivity contribution in [1.29, 1.82) is 0 Å². The highest BCUT2D eigenvalue weighted by atomic mass is 32.2. The zero-order valence-corrected chi connectivity index (χ0v) is 20.0. The van der Waals surface area contributed by atoms with Gasteiger partial charge in [0.1, 0.15) is 11.9 Å². The largest absolute Gasteiger partial charge is 0.352 e. The van der Waals surface area contributed by atoms with E-state index >= 15 is 0 Å². The van der Waals surface area contributed by atoms with Crippen molar-refractivity contribution in [3.05, 3.63) is 70.5 Å². The number of hydrogen-bond donors (Lipinski definition) is 1. The third-order valence-corrected chi connectivity index (χ3v) is 6.90. The number of carbonyl (C=O) groups is 2. The fourth-order valence-corrected chi connectivity index (χ4v) is 5.10. The van der Waals surface area contributed by atoms with Crippen molar-refractivity contribution < 1.29 is 14.0 Å². The summed E-state index contributed by atoms with van der Waals surface area (Å²) < 4.78 is 13.3. The van der Waals surface area contributed by atoms with Gasteiger partial charge in [-0.25, -0.2) is 4.39 Å². The van der Waals surface area contributed by atoms with E-state index in [1.54, 1.807) is 35.7 Å². The number of nitrogens with one attached hydrogen (secondary N) is 1. The molecule has 3 rings (SSSR count). The second-order valence-electron chi connectivity index (χ2n) is 8.80. The van der Waals surface area contributed by atoms with E-state index in [4.69, 9.17) is 0 Å². The first-order valence-corrected chi connectivity index (χ1v) is 12.5. The molecule has 0 spiro atoms. The van der Waals surface area contributed by atoms with E-state index < -0.39 is 6.04 Å². The van der Waals surface area contributed by atoms with Gasteiger partial charge < -0.3 is 10.2 Å². The summed E-state index contributed by atoms with van der Waals surface area (Å²) in [5.41, 5.74) is 4.42. The molecular formula is C26H33FN2O2S. The summed E-state index contributed by atoms with van der Waals surface area (Å²) in [6.45, 7) is 6.20. The van der Waals surface area contributed by atoms with Gasteiger partial charge in [0.2, 0.25) is 11.8 Å². The monoisotopic (exact) mass is 456 g/mol. The van der Waals surface area contributed by atoms with Gasteiger partial charge in [-0.3, -0.25) is 9.59 Å². The average molecular weight is 457 g/mol. The van der Waals surface area contributed by atoms with Crippen LogP contribution in [0, 0.1) is 19.7 Å². The van der Waals surface area contributed by atoms with Crippen LogP contribution in [0.3, 0.4) is 0 Å². The summed E-state index contributed by atoms with van der Waals surface area (Å²) in [6.07, 6.45) is 4.26. The van der Waals surface area contributed by atoms with Gasteiger partial charge in [0.25, 0.3) is 0 Å². The van der Waals surface area contributed by atoms with Crippen molar-refractivity contribution in [1.82, 2.24) is 10.2 Å². The van der Waals surface area contributed by atoms with Gasteiger partial charge in [-0.05, 0) is 56.9 Å². The molecule has 6 heteroatoms. The number of aryl methyl sites for hydroxylation is 2. The molecule has 1 saturated carbocycles. The van der Waals surface area contributed by atoms with Crippen LogP contribution in [0.2, 0.25) is 0 Å². The van der Waals surface area contributed by atoms with Crippen LogP contribution >= 0.6 is 11.8 Å². The third kappa shape index (κ3) is 7.09. The molecule has 2 aromatic rings. The summed E-state index contributed by atoms with van der Waals surface area (Å²) in [6, 6.07) is 12.1. The first-order chi connectivity index (χ1) is 15.3. The summed E-state index contributed by atoms with van der Waals surface area (Å²) >= 11 is 1.55. The fourth-order valence-electron chi connectivity index (χ4n) is 4.25. The van der Waals surface area contributed by atoms with Gasteiger partial charge in [-0.1, -0.05) is 54.3 Å². The zero-order valence-electron chi connectivity index (χ0n) is 19.2. The predicted molar refractivity (Wildman–Crippen MR) is 129 cm³/mol. The number of benzene rings is 2. The van der Waals surface area contributed by atoms with E-state index in [1.807, 2.05) is 0 Å². The molecule has 0 unspecified atom stereocenters. The van der Waals surface area contributed by atoms with Crippen LogP contribution < -0.4 is 5.32 Å². The van der Waals surface area contributed by atoms with Crippen molar-refractivity contribution in [3.8, 4) is 0 Å². The zero-order chi connectivity index (χ0) is 23.1. The molecule has 2 amide bonds. The van der Waals surface area contributed by atoms with Gasteiger partial charge in [0.15, 0.2) is 0 Å². The van der Waals surface area contributed by atoms with E-state index in [1.165, 1.54) is 28.8 Å². The third-order valence-electron chi connectivity index (χ3n) is 5.91. The van der Waals surface area contributed by atoms with Crippen molar-refractivity contribution in [3.63, 3.8) is 0 Å². The normalized spacial score (nSPS) is 14.9. The molecule has 1 aliphatic carbocycles. The smallest absolute Gasteiger partial charge is 0.242 e. The minimum absolute atomic E-state index is 0.0854. The van der Waals surface area contributed by atoms with Crippen molar-refractivity contribution in [2.24, 2.45) is 0 Å². The maximum Gasteiger partial charge on any atom is 0.242 e. The maximum absolute atomic E-state index is 13.3. The minimum Gasteiger partial charge on any atom is -0.352 e. The molecule has 0 bridgehead atoms. The Labute approximate surface area is 195 Å². The Balaban J connectivity index is 1.65. The van der Waals surface area contributed by atoms with Crippen molar-refractivity contribution in [2.75, 3.05) is 5.75 Å². The molecule has 4 nitrogen and oxygen atoms in total. The van der Waals surface area contributed by atoms with E-state index in [0.29, 0.717) is 0 Å². The highest BCUT2D eigenvalue weighted by Crippen LogP contribution is 2.20. The minimum atomic E-state index is -0.588. The molecule has 32 heavy (non-hydrogen) atoms. The lowest BCUT2D eigenvalue weighted by Gasteiger charge is -2.29. The summed E-state index contributed by atoms with van der Waals surface area (Å²) in [7, 11) is 0. The van der Waals surface area contributed by atoms with Gasteiger partial charge in [-0.2, -0.15) is 0 Å². The predicted octanol–water partition coefficient (Wildman–Crippen LogP) is 5.15. The average Bonchev–Trinajstić information content (AvgIpc) is 3.25. The van der Waals surface area contributed by atoms with Crippen molar-refractivity contribution in [2.45, 2.75) is 70.8 Å². The van der Waals surface area contributed by atoms with Crippen LogP contribution in [0.4, 0.5) is 4.39 Å². The van der Waals surface area contributed by atoms with Crippen molar-refractivity contribution >= 4 is 23.6 Å². The van der Waals surface area contributed by atoms with E-state index in [0.717, 1.165) is 37.0 Å².